The Kier molecular flexibility index (Phi) is 12.6. The van der Waals surface area contributed by atoms with Crippen molar-refractivity contribution >= 4 is 22.7 Å². The summed E-state index contributed by atoms with van der Waals surface area (Å²) in [6.45, 7) is 35.5. The van der Waals surface area contributed by atoms with Crippen molar-refractivity contribution in [2.45, 2.75) is 95.9 Å². The molecule has 2 heterocycles. The van der Waals surface area contributed by atoms with Gasteiger partial charge in [-0.05, 0) is 167 Å². The van der Waals surface area contributed by atoms with Crippen molar-refractivity contribution in [3.63, 3.8) is 0 Å². The number of hydrogen-bond acceptors (Lipinski definition) is 4. The molecule has 0 aliphatic carbocycles. The van der Waals surface area contributed by atoms with E-state index in [2.05, 4.69) is 165 Å². The van der Waals surface area contributed by atoms with E-state index in [1.54, 1.807) is 0 Å². The smallest absolute Gasteiger partial charge is 0.503 e. The van der Waals surface area contributed by atoms with Gasteiger partial charge in [0.2, 0.25) is 0 Å². The molecule has 4 aromatic rings. The monoisotopic (exact) mass is 700 g/mol. The normalized spacial score (nSPS) is 14.8. The Labute approximate surface area is 308 Å². The van der Waals surface area contributed by atoms with E-state index in [0.717, 1.165) is 26.2 Å². The van der Waals surface area contributed by atoms with Gasteiger partial charge in [0.25, 0.3) is 0 Å². The molecule has 6 rings (SSSR count). The first-order chi connectivity index (χ1) is 22.7. The van der Waals surface area contributed by atoms with E-state index in [9.17, 15) is 0 Å². The van der Waals surface area contributed by atoms with Crippen LogP contribution in [0, 0.1) is 96.4 Å². The molecule has 2 fully saturated rings. The third-order valence-electron chi connectivity index (χ3n) is 9.84. The number of benzene rings is 4. The zero-order chi connectivity index (χ0) is 34.9. The number of rotatable bonds is 4. The van der Waals surface area contributed by atoms with Gasteiger partial charge >= 0.3 is 16.5 Å². The van der Waals surface area contributed by atoms with Crippen LogP contribution in [0.1, 0.15) is 79.6 Å². The van der Waals surface area contributed by atoms with Crippen molar-refractivity contribution < 1.29 is 16.5 Å². The molecule has 2 aliphatic rings. The maximum atomic E-state index is 2.44. The van der Waals surface area contributed by atoms with Crippen molar-refractivity contribution in [3.05, 3.63) is 129 Å². The number of nitrogens with zero attached hydrogens (tertiary/aromatic N) is 4. The summed E-state index contributed by atoms with van der Waals surface area (Å²) in [5.41, 5.74) is 21.7. The minimum atomic E-state index is 0. The molecule has 4 aromatic carbocycles. The van der Waals surface area contributed by atoms with Crippen LogP contribution in [0.4, 0.5) is 22.7 Å². The molecule has 2 saturated heterocycles. The Balaban J connectivity index is 0.000000216. The molecule has 0 amide bonds. The summed E-state index contributed by atoms with van der Waals surface area (Å²) in [5, 5.41) is 0. The zero-order valence-corrected chi connectivity index (χ0v) is 33.1. The second-order valence-electron chi connectivity index (χ2n) is 14.7. The molecule has 0 spiro atoms. The SMILES string of the molecule is Cc1cc(C)c(N2[CH-]N(c3c(C)cc(C)cc3C)CCC2)c(C)c1.Cc1cc(C)c(N2[CH-]N(c3c(C)cc(C)cc3C)CCC2)c(C)c1.[Ni+2]. The van der Waals surface area contributed by atoms with Crippen molar-refractivity contribution in [3.8, 4) is 0 Å². The Morgan fingerprint density at radius 2 is 0.490 bits per heavy atom. The molecule has 2 aliphatic heterocycles. The van der Waals surface area contributed by atoms with Gasteiger partial charge in [-0.3, -0.25) is 0 Å². The van der Waals surface area contributed by atoms with Crippen molar-refractivity contribution in [2.75, 3.05) is 45.8 Å². The third-order valence-corrected chi connectivity index (χ3v) is 9.84. The van der Waals surface area contributed by atoms with Crippen molar-refractivity contribution in [1.29, 1.82) is 0 Å². The van der Waals surface area contributed by atoms with Gasteiger partial charge in [-0.15, -0.1) is 0 Å². The molecule has 49 heavy (non-hydrogen) atoms. The first-order valence-corrected chi connectivity index (χ1v) is 17.8. The fourth-order valence-corrected chi connectivity index (χ4v) is 8.57. The van der Waals surface area contributed by atoms with Crippen LogP contribution < -0.4 is 19.6 Å². The van der Waals surface area contributed by atoms with Gasteiger partial charge in [-0.2, -0.15) is 13.3 Å². The van der Waals surface area contributed by atoms with Crippen molar-refractivity contribution in [1.82, 2.24) is 0 Å². The average Bonchev–Trinajstić information content (AvgIpc) is 2.96. The molecule has 0 atom stereocenters. The van der Waals surface area contributed by atoms with E-state index >= 15 is 0 Å². The molecule has 0 aromatic heterocycles. The average molecular weight is 702 g/mol. The van der Waals surface area contributed by atoms with Crippen LogP contribution in [0.25, 0.3) is 0 Å². The second kappa shape index (κ2) is 16.1. The van der Waals surface area contributed by atoms with Gasteiger partial charge in [-0.1, -0.05) is 70.8 Å². The molecular formula is C44H58N4Ni. The van der Waals surface area contributed by atoms with Crippen LogP contribution >= 0.6 is 0 Å². The zero-order valence-electron chi connectivity index (χ0n) is 32.1. The van der Waals surface area contributed by atoms with Crippen LogP contribution in [-0.4, -0.2) is 26.2 Å². The van der Waals surface area contributed by atoms with Crippen LogP contribution in [-0.2, 0) is 16.5 Å². The van der Waals surface area contributed by atoms with Crippen molar-refractivity contribution in [2.24, 2.45) is 0 Å². The molecule has 0 unspecified atom stereocenters. The van der Waals surface area contributed by atoms with Gasteiger partial charge in [0.15, 0.2) is 0 Å². The molecule has 0 saturated carbocycles. The minimum Gasteiger partial charge on any atom is -0.503 e. The minimum absolute atomic E-state index is 0. The van der Waals surface area contributed by atoms with Crippen LogP contribution in [0.15, 0.2) is 48.5 Å². The van der Waals surface area contributed by atoms with E-state index < -0.39 is 0 Å². The molecule has 0 N–H and O–H groups in total. The molecule has 5 heteroatoms. The van der Waals surface area contributed by atoms with Gasteiger partial charge < -0.3 is 19.6 Å². The van der Waals surface area contributed by atoms with E-state index in [-0.39, 0.29) is 16.5 Å². The van der Waals surface area contributed by atoms with E-state index in [1.807, 2.05) is 0 Å². The Morgan fingerprint density at radius 3 is 0.653 bits per heavy atom. The summed E-state index contributed by atoms with van der Waals surface area (Å²) in [4.78, 5) is 9.75. The van der Waals surface area contributed by atoms with Gasteiger partial charge in [-0.25, -0.2) is 0 Å². The summed E-state index contributed by atoms with van der Waals surface area (Å²) < 4.78 is 0. The van der Waals surface area contributed by atoms with Gasteiger partial charge in [0, 0.05) is 22.7 Å². The Morgan fingerprint density at radius 1 is 0.327 bits per heavy atom. The fraction of sp³-hybridized carbons (Fsp3) is 0.409. The summed E-state index contributed by atoms with van der Waals surface area (Å²) in [5.74, 6) is 0. The maximum absolute atomic E-state index is 2.44. The number of anilines is 4. The summed E-state index contributed by atoms with van der Waals surface area (Å²) in [6.07, 6.45) is 2.35. The van der Waals surface area contributed by atoms with E-state index in [1.165, 1.54) is 102 Å². The molecule has 4 nitrogen and oxygen atoms in total. The topological polar surface area (TPSA) is 13.0 Å². The predicted molar refractivity (Wildman–Crippen MR) is 210 cm³/mol. The number of hydrogen-bond donors (Lipinski definition) is 0. The maximum Gasteiger partial charge on any atom is 2.00 e. The Bertz CT molecular complexity index is 1440. The quantitative estimate of drug-likeness (QED) is 0.155. The second-order valence-corrected chi connectivity index (χ2v) is 14.7. The molecule has 0 radical (unpaired) electrons. The Hall–Kier alpha value is -3.43. The van der Waals surface area contributed by atoms with Gasteiger partial charge in [0.1, 0.15) is 0 Å². The fourth-order valence-electron chi connectivity index (χ4n) is 8.57. The molecule has 0 bridgehead atoms. The molecular weight excluding hydrogens is 643 g/mol. The van der Waals surface area contributed by atoms with E-state index in [0.29, 0.717) is 0 Å². The van der Waals surface area contributed by atoms with Gasteiger partial charge in [0.05, 0.1) is 0 Å². The first-order valence-electron chi connectivity index (χ1n) is 17.8. The standard InChI is InChI=1S/2C22H29N2.Ni/c2*1-15-10-17(3)21(18(4)11-15)23-8-7-9-24(14-23)22-19(5)12-16(2)13-20(22)6;/h2*10-14H,7-9H2,1-6H3;/q2*-1;+2. The van der Waals surface area contributed by atoms with Crippen LogP contribution in [0.3, 0.4) is 0 Å². The number of aryl methyl sites for hydroxylation is 12. The predicted octanol–water partition coefficient (Wildman–Crippen LogP) is 10.7. The molecule has 264 valence electrons. The summed E-state index contributed by atoms with van der Waals surface area (Å²) >= 11 is 0. The largest absolute Gasteiger partial charge is 2.00 e. The van der Waals surface area contributed by atoms with Crippen LogP contribution in [0.5, 0.6) is 0 Å². The van der Waals surface area contributed by atoms with E-state index in [4.69, 9.17) is 0 Å². The van der Waals surface area contributed by atoms with Crippen LogP contribution in [0.2, 0.25) is 0 Å². The summed E-state index contributed by atoms with van der Waals surface area (Å²) in [6, 6.07) is 18.3. The third kappa shape index (κ3) is 8.66. The summed E-state index contributed by atoms with van der Waals surface area (Å²) in [7, 11) is 0. The first kappa shape index (κ1) is 38.4.